The largest absolute Gasteiger partial charge is 0.256 e. The van der Waals surface area contributed by atoms with Gasteiger partial charge in [0.2, 0.25) is 0 Å². The second kappa shape index (κ2) is 8.92. The number of para-hydroxylation sites is 1. The first kappa shape index (κ1) is 23.1. The van der Waals surface area contributed by atoms with Crippen LogP contribution in [-0.4, -0.2) is 4.98 Å². The van der Waals surface area contributed by atoms with Crippen molar-refractivity contribution in [1.82, 2.24) is 4.98 Å². The molecular formula is C39H23N3. The van der Waals surface area contributed by atoms with Crippen molar-refractivity contribution in [3.8, 4) is 44.6 Å². The number of aromatic nitrogens is 1. The second-order valence-electron chi connectivity index (χ2n) is 10.8. The second-order valence-corrected chi connectivity index (χ2v) is 10.8. The van der Waals surface area contributed by atoms with Crippen molar-refractivity contribution in [3.05, 3.63) is 161 Å². The van der Waals surface area contributed by atoms with Gasteiger partial charge in [-0.2, -0.15) is 0 Å². The van der Waals surface area contributed by atoms with Gasteiger partial charge in [0.1, 0.15) is 0 Å². The summed E-state index contributed by atoms with van der Waals surface area (Å²) in [5, 5.41) is 6.69. The fourth-order valence-electron chi connectivity index (χ4n) is 6.63. The molecule has 0 radical (unpaired) electrons. The van der Waals surface area contributed by atoms with Crippen LogP contribution in [0.5, 0.6) is 0 Å². The first-order valence-corrected chi connectivity index (χ1v) is 14.2. The van der Waals surface area contributed by atoms with Crippen molar-refractivity contribution in [1.29, 1.82) is 0 Å². The maximum absolute atomic E-state index is 5.16. The Morgan fingerprint density at radius 1 is 0.429 bits per heavy atom. The van der Waals surface area contributed by atoms with Gasteiger partial charge in [-0.3, -0.25) is 4.98 Å². The molecule has 0 atom stereocenters. The molecule has 194 valence electrons. The van der Waals surface area contributed by atoms with Gasteiger partial charge in [-0.15, -0.1) is 0 Å². The van der Waals surface area contributed by atoms with E-state index in [9.17, 15) is 0 Å². The van der Waals surface area contributed by atoms with Gasteiger partial charge in [0.15, 0.2) is 0 Å². The Balaban J connectivity index is 1.42. The standard InChI is InChI=1S/C39H23N3/c1-2-10-25(11-3-1)27-19-21-33-36(37-34(41-33)22-20-31-29-15-6-7-18-32(29)42-39(31)37)35(27)38-30(17-9-23-40-38)28-16-8-13-24-12-4-5-14-26(24)28/h1-23H. The molecule has 0 saturated carbocycles. The van der Waals surface area contributed by atoms with E-state index in [0.29, 0.717) is 0 Å². The Morgan fingerprint density at radius 3 is 2.19 bits per heavy atom. The van der Waals surface area contributed by atoms with Gasteiger partial charge >= 0.3 is 0 Å². The van der Waals surface area contributed by atoms with Crippen LogP contribution in [0.1, 0.15) is 0 Å². The average molecular weight is 534 g/mol. The summed E-state index contributed by atoms with van der Waals surface area (Å²) in [6, 6.07) is 46.9. The number of pyridine rings is 1. The highest BCUT2D eigenvalue weighted by Crippen LogP contribution is 2.50. The molecule has 3 heteroatoms. The van der Waals surface area contributed by atoms with E-state index in [2.05, 4.69) is 127 Å². The molecule has 0 amide bonds. The summed E-state index contributed by atoms with van der Waals surface area (Å²) in [5.41, 5.74) is 10.7. The van der Waals surface area contributed by atoms with E-state index in [4.69, 9.17) is 15.0 Å². The summed E-state index contributed by atoms with van der Waals surface area (Å²) in [5.74, 6) is 0. The number of rotatable bonds is 3. The minimum atomic E-state index is 0.945. The van der Waals surface area contributed by atoms with Crippen molar-refractivity contribution < 1.29 is 0 Å². The van der Waals surface area contributed by atoms with Gasteiger partial charge in [-0.25, -0.2) is 9.98 Å². The third-order valence-corrected chi connectivity index (χ3v) is 8.47. The summed E-state index contributed by atoms with van der Waals surface area (Å²) in [6.45, 7) is 0. The molecule has 2 aliphatic rings. The minimum absolute atomic E-state index is 0.945. The third-order valence-electron chi connectivity index (χ3n) is 8.47. The Hall–Kier alpha value is -5.67. The van der Waals surface area contributed by atoms with E-state index in [-0.39, 0.29) is 0 Å². The van der Waals surface area contributed by atoms with Crippen molar-refractivity contribution >= 4 is 22.1 Å². The number of hydrogen-bond acceptors (Lipinski definition) is 3. The fraction of sp³-hybridized carbons (Fsp3) is 0. The quantitative estimate of drug-likeness (QED) is 0.224. The van der Waals surface area contributed by atoms with Gasteiger partial charge in [0.25, 0.3) is 0 Å². The van der Waals surface area contributed by atoms with E-state index in [1.807, 2.05) is 12.3 Å². The molecule has 0 aliphatic carbocycles. The lowest BCUT2D eigenvalue weighted by Crippen LogP contribution is -2.02. The van der Waals surface area contributed by atoms with Crippen LogP contribution in [0.15, 0.2) is 150 Å². The van der Waals surface area contributed by atoms with Crippen LogP contribution < -0.4 is 10.7 Å². The van der Waals surface area contributed by atoms with Crippen LogP contribution in [-0.2, 0) is 0 Å². The molecule has 2 aliphatic heterocycles. The molecular weight excluding hydrogens is 510 g/mol. The molecule has 0 N–H and O–H groups in total. The molecule has 9 rings (SSSR count). The van der Waals surface area contributed by atoms with Gasteiger partial charge in [0, 0.05) is 38.9 Å². The topological polar surface area (TPSA) is 37.6 Å². The van der Waals surface area contributed by atoms with E-state index < -0.39 is 0 Å². The summed E-state index contributed by atoms with van der Waals surface area (Å²) in [7, 11) is 0. The molecule has 0 spiro atoms. The van der Waals surface area contributed by atoms with Crippen molar-refractivity contribution in [3.63, 3.8) is 0 Å². The Labute approximate surface area is 242 Å². The molecule has 0 bridgehead atoms. The van der Waals surface area contributed by atoms with E-state index in [1.165, 1.54) is 21.6 Å². The van der Waals surface area contributed by atoms with Gasteiger partial charge in [-0.05, 0) is 57.8 Å². The van der Waals surface area contributed by atoms with Gasteiger partial charge < -0.3 is 0 Å². The van der Waals surface area contributed by atoms with Crippen molar-refractivity contribution in [2.24, 2.45) is 9.98 Å². The van der Waals surface area contributed by atoms with Crippen molar-refractivity contribution in [2.75, 3.05) is 0 Å². The zero-order valence-corrected chi connectivity index (χ0v) is 22.6. The SMILES string of the molecule is c1ccc(-c2ccc3c(c2-c2ncccc2-c2cccc4ccccc24)-c2c4c(ccc2=N3)=c2ccccc2=N4)cc1. The lowest BCUT2D eigenvalue weighted by atomic mass is 9.85. The van der Waals surface area contributed by atoms with Crippen LogP contribution in [0.2, 0.25) is 0 Å². The molecule has 0 unspecified atom stereocenters. The van der Waals surface area contributed by atoms with Crippen LogP contribution in [0.3, 0.4) is 0 Å². The van der Waals surface area contributed by atoms with E-state index in [0.717, 1.165) is 66.4 Å². The fourth-order valence-corrected chi connectivity index (χ4v) is 6.63. The summed E-state index contributed by atoms with van der Waals surface area (Å²) in [6.07, 6.45) is 1.90. The predicted molar refractivity (Wildman–Crippen MR) is 169 cm³/mol. The molecule has 0 saturated heterocycles. The number of nitrogens with zero attached hydrogens (tertiary/aromatic N) is 3. The van der Waals surface area contributed by atoms with Crippen LogP contribution in [0.25, 0.3) is 55.4 Å². The average Bonchev–Trinajstić information content (AvgIpc) is 3.63. The predicted octanol–water partition coefficient (Wildman–Crippen LogP) is 8.72. The Bertz CT molecular complexity index is 2460. The van der Waals surface area contributed by atoms with Crippen LogP contribution in [0.4, 0.5) is 11.4 Å². The summed E-state index contributed by atoms with van der Waals surface area (Å²) < 4.78 is 0. The van der Waals surface area contributed by atoms with E-state index >= 15 is 0 Å². The first-order chi connectivity index (χ1) is 20.8. The number of benzene rings is 6. The zero-order chi connectivity index (χ0) is 27.6. The highest BCUT2D eigenvalue weighted by molar-refractivity contribution is 6.07. The Morgan fingerprint density at radius 2 is 1.24 bits per heavy atom. The molecule has 0 fully saturated rings. The summed E-state index contributed by atoms with van der Waals surface area (Å²) >= 11 is 0. The number of hydrogen-bond donors (Lipinski definition) is 0. The maximum atomic E-state index is 5.16. The monoisotopic (exact) mass is 533 g/mol. The molecule has 3 heterocycles. The van der Waals surface area contributed by atoms with Gasteiger partial charge in [-0.1, -0.05) is 103 Å². The first-order valence-electron chi connectivity index (χ1n) is 14.2. The Kier molecular flexibility index (Phi) is 4.90. The van der Waals surface area contributed by atoms with E-state index in [1.54, 1.807) is 0 Å². The lowest BCUT2D eigenvalue weighted by molar-refractivity contribution is 1.33. The maximum Gasteiger partial charge on any atom is 0.0817 e. The molecule has 3 nitrogen and oxygen atoms in total. The molecule has 7 aromatic rings. The molecule has 6 aromatic carbocycles. The summed E-state index contributed by atoms with van der Waals surface area (Å²) in [4.78, 5) is 15.4. The zero-order valence-electron chi connectivity index (χ0n) is 22.6. The van der Waals surface area contributed by atoms with Gasteiger partial charge in [0.05, 0.1) is 27.8 Å². The van der Waals surface area contributed by atoms with Crippen LogP contribution in [0, 0.1) is 10.4 Å². The molecule has 1 aromatic heterocycles. The minimum Gasteiger partial charge on any atom is -0.256 e. The van der Waals surface area contributed by atoms with Crippen LogP contribution >= 0.6 is 0 Å². The smallest absolute Gasteiger partial charge is 0.0817 e. The highest BCUT2D eigenvalue weighted by atomic mass is 14.8. The lowest BCUT2D eigenvalue weighted by Gasteiger charge is -2.19. The normalized spacial score (nSPS) is 12.2. The molecule has 42 heavy (non-hydrogen) atoms. The highest BCUT2D eigenvalue weighted by Gasteiger charge is 2.28. The number of fused-ring (bicyclic) bond motifs is 7. The van der Waals surface area contributed by atoms with Crippen molar-refractivity contribution in [2.45, 2.75) is 0 Å². The third kappa shape index (κ3) is 3.31.